The van der Waals surface area contributed by atoms with Crippen molar-refractivity contribution in [1.29, 1.82) is 0 Å². The maximum absolute atomic E-state index is 13.3. The molecular weight excluding hydrogens is 307 g/mol. The Bertz CT molecular complexity index is 710. The molecule has 0 aliphatic carbocycles. The lowest BCUT2D eigenvalue weighted by Gasteiger charge is -2.22. The van der Waals surface area contributed by atoms with Gasteiger partial charge in [0.15, 0.2) is 0 Å². The van der Waals surface area contributed by atoms with Crippen LogP contribution in [0.4, 0.5) is 18.9 Å². The third kappa shape index (κ3) is 3.47. The van der Waals surface area contributed by atoms with E-state index in [-0.39, 0.29) is 11.3 Å². The number of carbonyl (C=O) groups is 1. The molecule has 2 rings (SSSR count). The van der Waals surface area contributed by atoms with Crippen LogP contribution in [0, 0.1) is 0 Å². The maximum atomic E-state index is 13.3. The first kappa shape index (κ1) is 16.9. The van der Waals surface area contributed by atoms with Crippen LogP contribution in [0.2, 0.25) is 0 Å². The third-order valence-corrected chi connectivity index (χ3v) is 3.41. The molecule has 3 nitrogen and oxygen atoms in total. The van der Waals surface area contributed by atoms with Gasteiger partial charge in [-0.15, -0.1) is 0 Å². The number of methoxy groups -OCH3 is 1. The Morgan fingerprint density at radius 2 is 1.70 bits per heavy atom. The van der Waals surface area contributed by atoms with Crippen molar-refractivity contribution in [2.75, 3.05) is 26.1 Å². The van der Waals surface area contributed by atoms with Crippen LogP contribution in [0.1, 0.15) is 15.9 Å². The van der Waals surface area contributed by atoms with Crippen molar-refractivity contribution in [3.8, 4) is 11.1 Å². The van der Waals surface area contributed by atoms with E-state index in [4.69, 9.17) is 0 Å². The highest BCUT2D eigenvalue weighted by Gasteiger charge is 2.36. The molecule has 0 unspecified atom stereocenters. The number of hydrogen-bond acceptors (Lipinski definition) is 3. The molecule has 0 amide bonds. The van der Waals surface area contributed by atoms with E-state index in [0.29, 0.717) is 11.1 Å². The highest BCUT2D eigenvalue weighted by Crippen LogP contribution is 2.40. The molecule has 0 saturated heterocycles. The van der Waals surface area contributed by atoms with E-state index in [0.717, 1.165) is 13.2 Å². The second kappa shape index (κ2) is 6.32. The Kier molecular flexibility index (Phi) is 4.63. The Morgan fingerprint density at radius 3 is 2.17 bits per heavy atom. The maximum Gasteiger partial charge on any atom is 0.418 e. The molecule has 0 spiro atoms. The van der Waals surface area contributed by atoms with Crippen molar-refractivity contribution >= 4 is 11.7 Å². The topological polar surface area (TPSA) is 29.5 Å². The van der Waals surface area contributed by atoms with Gasteiger partial charge in [0.05, 0.1) is 18.2 Å². The molecular formula is C17H16F3NO2. The summed E-state index contributed by atoms with van der Waals surface area (Å²) < 4.78 is 44.6. The molecule has 0 aliphatic rings. The van der Waals surface area contributed by atoms with Crippen molar-refractivity contribution in [3.63, 3.8) is 0 Å². The lowest BCUT2D eigenvalue weighted by molar-refractivity contribution is -0.137. The van der Waals surface area contributed by atoms with Crippen LogP contribution in [-0.4, -0.2) is 27.2 Å². The fourth-order valence-electron chi connectivity index (χ4n) is 2.32. The molecule has 6 heteroatoms. The van der Waals surface area contributed by atoms with Gasteiger partial charge in [-0.25, -0.2) is 4.79 Å². The highest BCUT2D eigenvalue weighted by atomic mass is 19.4. The van der Waals surface area contributed by atoms with E-state index in [2.05, 4.69) is 4.74 Å². The van der Waals surface area contributed by atoms with E-state index in [1.54, 1.807) is 30.3 Å². The van der Waals surface area contributed by atoms with Gasteiger partial charge >= 0.3 is 12.1 Å². The molecule has 0 aliphatic heterocycles. The monoisotopic (exact) mass is 323 g/mol. The molecule has 0 aromatic heterocycles. The standard InChI is InChI=1S/C17H16F3NO2/c1-21(2)15-10-12(11-7-5-4-6-8-11)13(16(22)23-3)9-14(15)17(18,19)20/h4-10H,1-3H3. The smallest absolute Gasteiger partial charge is 0.418 e. The molecule has 0 fully saturated rings. The summed E-state index contributed by atoms with van der Waals surface area (Å²) in [5, 5.41) is 0. The molecule has 0 N–H and O–H groups in total. The van der Waals surface area contributed by atoms with Gasteiger partial charge in [-0.05, 0) is 23.3 Å². The number of rotatable bonds is 3. The van der Waals surface area contributed by atoms with Crippen molar-refractivity contribution in [2.24, 2.45) is 0 Å². The van der Waals surface area contributed by atoms with Gasteiger partial charge in [-0.1, -0.05) is 30.3 Å². The number of benzene rings is 2. The first-order chi connectivity index (χ1) is 10.8. The van der Waals surface area contributed by atoms with E-state index >= 15 is 0 Å². The minimum absolute atomic E-state index is 0.0102. The average Bonchev–Trinajstić information content (AvgIpc) is 2.52. The Balaban J connectivity index is 2.80. The molecule has 0 radical (unpaired) electrons. The molecule has 23 heavy (non-hydrogen) atoms. The number of esters is 1. The van der Waals surface area contributed by atoms with Crippen molar-refractivity contribution in [3.05, 3.63) is 53.6 Å². The summed E-state index contributed by atoms with van der Waals surface area (Å²) in [5.74, 6) is -0.806. The summed E-state index contributed by atoms with van der Waals surface area (Å²) in [4.78, 5) is 13.3. The summed E-state index contributed by atoms with van der Waals surface area (Å²) in [6, 6.07) is 11.0. The molecule has 122 valence electrons. The lowest BCUT2D eigenvalue weighted by Crippen LogP contribution is -2.18. The molecule has 0 bridgehead atoms. The fraction of sp³-hybridized carbons (Fsp3) is 0.235. The molecule has 2 aromatic carbocycles. The van der Waals surface area contributed by atoms with Crippen molar-refractivity contribution in [1.82, 2.24) is 0 Å². The van der Waals surface area contributed by atoms with Gasteiger partial charge in [-0.2, -0.15) is 13.2 Å². The van der Waals surface area contributed by atoms with Gasteiger partial charge in [0.1, 0.15) is 0 Å². The number of halogens is 3. The first-order valence-electron chi connectivity index (χ1n) is 6.82. The number of hydrogen-bond donors (Lipinski definition) is 0. The van der Waals surface area contributed by atoms with E-state index in [9.17, 15) is 18.0 Å². The van der Waals surface area contributed by atoms with Gasteiger partial charge in [-0.3, -0.25) is 0 Å². The zero-order chi connectivity index (χ0) is 17.2. The predicted octanol–water partition coefficient (Wildman–Crippen LogP) is 4.23. The Morgan fingerprint density at radius 1 is 1.09 bits per heavy atom. The van der Waals surface area contributed by atoms with Gasteiger partial charge in [0.2, 0.25) is 0 Å². The second-order valence-electron chi connectivity index (χ2n) is 5.16. The number of nitrogens with zero attached hydrogens (tertiary/aromatic N) is 1. The third-order valence-electron chi connectivity index (χ3n) is 3.41. The predicted molar refractivity (Wildman–Crippen MR) is 82.5 cm³/mol. The van der Waals surface area contributed by atoms with Gasteiger partial charge in [0.25, 0.3) is 0 Å². The Labute approximate surface area is 132 Å². The summed E-state index contributed by atoms with van der Waals surface area (Å²) in [6.07, 6.45) is -4.57. The average molecular weight is 323 g/mol. The number of carbonyl (C=O) groups excluding carboxylic acids is 1. The van der Waals surface area contributed by atoms with E-state index in [1.807, 2.05) is 0 Å². The SMILES string of the molecule is COC(=O)c1cc(C(F)(F)F)c(N(C)C)cc1-c1ccccc1. The lowest BCUT2D eigenvalue weighted by atomic mass is 9.95. The number of alkyl halides is 3. The first-order valence-corrected chi connectivity index (χ1v) is 6.82. The Hall–Kier alpha value is -2.50. The molecule has 2 aromatic rings. The van der Waals surface area contributed by atoms with Gasteiger partial charge in [0, 0.05) is 19.8 Å². The summed E-state index contributed by atoms with van der Waals surface area (Å²) in [6.45, 7) is 0. The van der Waals surface area contributed by atoms with Crippen LogP contribution in [-0.2, 0) is 10.9 Å². The van der Waals surface area contributed by atoms with Crippen molar-refractivity contribution in [2.45, 2.75) is 6.18 Å². The highest BCUT2D eigenvalue weighted by molar-refractivity contribution is 5.98. The van der Waals surface area contributed by atoms with Gasteiger partial charge < -0.3 is 9.64 Å². The molecule has 0 atom stereocenters. The zero-order valence-corrected chi connectivity index (χ0v) is 12.9. The summed E-state index contributed by atoms with van der Waals surface area (Å²) in [5.41, 5.74) is 0.0436. The molecule has 0 saturated carbocycles. The van der Waals surface area contributed by atoms with Crippen LogP contribution in [0.25, 0.3) is 11.1 Å². The molecule has 0 heterocycles. The minimum atomic E-state index is -4.57. The number of anilines is 1. The largest absolute Gasteiger partial charge is 0.465 e. The quantitative estimate of drug-likeness (QED) is 0.792. The van der Waals surface area contributed by atoms with Crippen LogP contribution in [0.5, 0.6) is 0 Å². The normalized spacial score (nSPS) is 11.2. The van der Waals surface area contributed by atoms with E-state index < -0.39 is 17.7 Å². The van der Waals surface area contributed by atoms with Crippen LogP contribution >= 0.6 is 0 Å². The second-order valence-corrected chi connectivity index (χ2v) is 5.16. The summed E-state index contributed by atoms with van der Waals surface area (Å²) in [7, 11) is 4.19. The van der Waals surface area contributed by atoms with Crippen LogP contribution < -0.4 is 4.90 Å². The van der Waals surface area contributed by atoms with Crippen molar-refractivity contribution < 1.29 is 22.7 Å². The van der Waals surface area contributed by atoms with E-state index in [1.165, 1.54) is 25.1 Å². The fourth-order valence-corrected chi connectivity index (χ4v) is 2.32. The van der Waals surface area contributed by atoms with Crippen LogP contribution in [0.3, 0.4) is 0 Å². The minimum Gasteiger partial charge on any atom is -0.465 e. The number of ether oxygens (including phenoxy) is 1. The zero-order valence-electron chi connectivity index (χ0n) is 12.9. The van der Waals surface area contributed by atoms with Crippen LogP contribution in [0.15, 0.2) is 42.5 Å². The summed E-state index contributed by atoms with van der Waals surface area (Å²) >= 11 is 0.